The lowest BCUT2D eigenvalue weighted by Gasteiger charge is -2.11. The molecule has 1 heterocycles. The summed E-state index contributed by atoms with van der Waals surface area (Å²) in [4.78, 5) is 39.0. The lowest BCUT2D eigenvalue weighted by Crippen LogP contribution is -2.33. The van der Waals surface area contributed by atoms with E-state index in [1.807, 2.05) is 18.2 Å². The summed E-state index contributed by atoms with van der Waals surface area (Å²) >= 11 is 13.3. The molecule has 2 aromatic carbocycles. The van der Waals surface area contributed by atoms with E-state index in [0.717, 1.165) is 40.6 Å². The number of carbonyl (C=O) groups excluding carboxylic acids is 3. The lowest BCUT2D eigenvalue weighted by molar-refractivity contribution is -0.122. The topological polar surface area (TPSA) is 54.5 Å². The number of nitrogens with zero attached hydrogens (tertiary/aromatic N) is 1. The number of rotatable bonds is 4. The number of fused-ring (bicyclic) bond motifs is 1. The van der Waals surface area contributed by atoms with Crippen LogP contribution in [-0.2, 0) is 11.2 Å². The number of halogens is 2. The van der Waals surface area contributed by atoms with Crippen LogP contribution in [0.2, 0.25) is 5.02 Å². The molecule has 2 aromatic rings. The first kappa shape index (κ1) is 20.9. The fourth-order valence-electron chi connectivity index (χ4n) is 3.51. The Labute approximate surface area is 188 Å². The summed E-state index contributed by atoms with van der Waals surface area (Å²) in [6.45, 7) is -0.306. The zero-order chi connectivity index (χ0) is 21.3. The summed E-state index contributed by atoms with van der Waals surface area (Å²) < 4.78 is 0. The highest BCUT2D eigenvalue weighted by atomic mass is 35.5. The number of hydrogen-bond acceptors (Lipinski definition) is 4. The molecule has 0 spiro atoms. The quantitative estimate of drug-likeness (QED) is 0.411. The number of thioether (sulfide) groups is 1. The molecule has 4 nitrogen and oxygen atoms in total. The van der Waals surface area contributed by atoms with Crippen LogP contribution in [0.25, 0.3) is 5.03 Å². The Morgan fingerprint density at radius 2 is 1.77 bits per heavy atom. The van der Waals surface area contributed by atoms with Crippen LogP contribution >= 0.6 is 35.0 Å². The van der Waals surface area contributed by atoms with Crippen molar-refractivity contribution in [2.75, 3.05) is 6.54 Å². The van der Waals surface area contributed by atoms with E-state index in [1.165, 1.54) is 5.56 Å². The van der Waals surface area contributed by atoms with Crippen molar-refractivity contribution in [2.24, 2.45) is 0 Å². The van der Waals surface area contributed by atoms with Crippen LogP contribution in [0.15, 0.2) is 65.1 Å². The molecule has 7 heteroatoms. The molecule has 152 valence electrons. The smallest absolute Gasteiger partial charge is 0.292 e. The van der Waals surface area contributed by atoms with Crippen molar-refractivity contribution in [1.82, 2.24) is 4.90 Å². The fraction of sp³-hybridized carbons (Fsp3) is 0.174. The largest absolute Gasteiger partial charge is 0.293 e. The van der Waals surface area contributed by atoms with Gasteiger partial charge < -0.3 is 0 Å². The molecular formula is C23H17Cl2NO3S. The second-order valence-electron chi connectivity index (χ2n) is 7.05. The van der Waals surface area contributed by atoms with Crippen molar-refractivity contribution >= 4 is 56.9 Å². The van der Waals surface area contributed by atoms with Gasteiger partial charge >= 0.3 is 0 Å². The van der Waals surface area contributed by atoms with E-state index >= 15 is 0 Å². The van der Waals surface area contributed by atoms with E-state index in [4.69, 9.17) is 23.2 Å². The third kappa shape index (κ3) is 4.24. The van der Waals surface area contributed by atoms with Crippen LogP contribution in [0.5, 0.6) is 0 Å². The SMILES string of the molecule is O=C(CN1C(=O)S/C(=C\C2=C(Cl)c3ccccc3CCC2)C1=O)c1ccc(Cl)cc1. The second-order valence-corrected chi connectivity index (χ2v) is 8.86. The first-order valence-corrected chi connectivity index (χ1v) is 11.0. The van der Waals surface area contributed by atoms with Gasteiger partial charge in [0, 0.05) is 10.6 Å². The average molecular weight is 458 g/mol. The molecule has 0 saturated carbocycles. The van der Waals surface area contributed by atoms with E-state index in [1.54, 1.807) is 30.3 Å². The van der Waals surface area contributed by atoms with Crippen LogP contribution < -0.4 is 0 Å². The standard InChI is InChI=1S/C23H17Cl2NO3S/c24-17-10-8-15(9-11-17)19(27)13-26-22(28)20(30-23(26)29)12-16-6-3-5-14-4-1-2-7-18(14)21(16)25/h1-2,4,7-12H,3,5-6,13H2/b20-12-. The van der Waals surface area contributed by atoms with Crippen molar-refractivity contribution in [1.29, 1.82) is 0 Å². The number of amides is 2. The summed E-state index contributed by atoms with van der Waals surface area (Å²) in [5.74, 6) is -0.794. The number of hydrogen-bond donors (Lipinski definition) is 0. The molecule has 1 aliphatic carbocycles. The molecule has 2 aliphatic rings. The predicted octanol–water partition coefficient (Wildman–Crippen LogP) is 6.09. The Morgan fingerprint density at radius 3 is 2.53 bits per heavy atom. The minimum absolute atomic E-state index is 0.288. The minimum atomic E-state index is -0.471. The summed E-state index contributed by atoms with van der Waals surface area (Å²) in [5.41, 5.74) is 3.36. The number of Topliss-reactive ketones (excluding diaryl/α,β-unsaturated/α-hetero) is 1. The Bertz CT molecular complexity index is 1110. The molecule has 1 saturated heterocycles. The van der Waals surface area contributed by atoms with Gasteiger partial charge in [0.25, 0.3) is 11.1 Å². The number of allylic oxidation sites excluding steroid dienone is 2. The molecule has 1 aliphatic heterocycles. The Kier molecular flexibility index (Phi) is 6.14. The molecule has 0 unspecified atom stereocenters. The summed E-state index contributed by atoms with van der Waals surface area (Å²) in [6, 6.07) is 14.3. The molecule has 0 radical (unpaired) electrons. The van der Waals surface area contributed by atoms with E-state index in [9.17, 15) is 14.4 Å². The van der Waals surface area contributed by atoms with Gasteiger partial charge in [-0.2, -0.15) is 0 Å². The number of benzene rings is 2. The predicted molar refractivity (Wildman–Crippen MR) is 121 cm³/mol. The summed E-state index contributed by atoms with van der Waals surface area (Å²) in [6.07, 6.45) is 4.21. The van der Waals surface area contributed by atoms with Crippen LogP contribution in [0.1, 0.15) is 34.3 Å². The highest BCUT2D eigenvalue weighted by Crippen LogP contribution is 2.37. The Hall–Kier alpha value is -2.34. The van der Waals surface area contributed by atoms with Gasteiger partial charge in [0.05, 0.1) is 16.5 Å². The van der Waals surface area contributed by atoms with Crippen LogP contribution in [0.4, 0.5) is 4.79 Å². The molecule has 0 atom stereocenters. The van der Waals surface area contributed by atoms with Gasteiger partial charge in [0.1, 0.15) is 0 Å². The molecule has 1 fully saturated rings. The Morgan fingerprint density at radius 1 is 1.03 bits per heavy atom. The highest BCUT2D eigenvalue weighted by Gasteiger charge is 2.36. The number of carbonyl (C=O) groups is 3. The van der Waals surface area contributed by atoms with E-state index < -0.39 is 11.1 Å². The number of ketones is 1. The van der Waals surface area contributed by atoms with E-state index in [0.29, 0.717) is 22.0 Å². The van der Waals surface area contributed by atoms with Crippen LogP contribution in [0, 0.1) is 0 Å². The van der Waals surface area contributed by atoms with E-state index in [-0.39, 0.29) is 17.2 Å². The minimum Gasteiger partial charge on any atom is -0.292 e. The van der Waals surface area contributed by atoms with E-state index in [2.05, 4.69) is 6.07 Å². The molecule has 2 amide bonds. The zero-order valence-corrected chi connectivity index (χ0v) is 18.2. The Balaban J connectivity index is 1.57. The van der Waals surface area contributed by atoms with Crippen molar-refractivity contribution in [3.05, 3.63) is 86.8 Å². The molecule has 0 aromatic heterocycles. The molecule has 0 bridgehead atoms. The number of aryl methyl sites for hydroxylation is 1. The van der Waals surface area contributed by atoms with Gasteiger partial charge in [-0.25, -0.2) is 0 Å². The van der Waals surface area contributed by atoms with Crippen LogP contribution in [-0.4, -0.2) is 28.4 Å². The lowest BCUT2D eigenvalue weighted by atomic mass is 10.0. The molecule has 30 heavy (non-hydrogen) atoms. The first-order chi connectivity index (χ1) is 14.4. The van der Waals surface area contributed by atoms with Gasteiger partial charge in [0.2, 0.25) is 0 Å². The number of imide groups is 1. The molecule has 0 N–H and O–H groups in total. The summed E-state index contributed by atoms with van der Waals surface area (Å²) in [5, 5.41) is 0.655. The second kappa shape index (κ2) is 8.80. The third-order valence-corrected chi connectivity index (χ3v) is 6.68. The van der Waals surface area contributed by atoms with Crippen molar-refractivity contribution < 1.29 is 14.4 Å². The van der Waals surface area contributed by atoms with Crippen LogP contribution in [0.3, 0.4) is 0 Å². The van der Waals surface area contributed by atoms with Crippen molar-refractivity contribution in [3.63, 3.8) is 0 Å². The molecule has 4 rings (SSSR count). The van der Waals surface area contributed by atoms with Gasteiger partial charge in [-0.3, -0.25) is 19.3 Å². The summed E-state index contributed by atoms with van der Waals surface area (Å²) in [7, 11) is 0. The van der Waals surface area contributed by atoms with Gasteiger partial charge in [-0.1, -0.05) is 47.5 Å². The zero-order valence-electron chi connectivity index (χ0n) is 15.9. The maximum atomic E-state index is 12.8. The third-order valence-electron chi connectivity index (χ3n) is 5.07. The maximum absolute atomic E-state index is 12.8. The van der Waals surface area contributed by atoms with Crippen molar-refractivity contribution in [2.45, 2.75) is 19.3 Å². The van der Waals surface area contributed by atoms with Gasteiger partial charge in [-0.05, 0) is 78.1 Å². The normalized spacial score (nSPS) is 18.1. The highest BCUT2D eigenvalue weighted by molar-refractivity contribution is 8.18. The monoisotopic (exact) mass is 457 g/mol. The van der Waals surface area contributed by atoms with Gasteiger partial charge in [0.15, 0.2) is 5.78 Å². The first-order valence-electron chi connectivity index (χ1n) is 9.45. The fourth-order valence-corrected chi connectivity index (χ4v) is 4.81. The average Bonchev–Trinajstić information content (AvgIpc) is 2.90. The van der Waals surface area contributed by atoms with Gasteiger partial charge in [-0.15, -0.1) is 0 Å². The van der Waals surface area contributed by atoms with Crippen molar-refractivity contribution in [3.8, 4) is 0 Å². The molecular weight excluding hydrogens is 441 g/mol. The maximum Gasteiger partial charge on any atom is 0.293 e.